The van der Waals surface area contributed by atoms with E-state index in [1.54, 1.807) is 6.33 Å². The number of hydrogen-bond acceptors (Lipinski definition) is 4. The van der Waals surface area contributed by atoms with Crippen LogP contribution in [-0.4, -0.2) is 26.1 Å². The molecule has 7 heteroatoms. The standard InChI is InChI=1S/C15H14Cl2N4O/c16-11-3-5-12(6-4-11)22-8-2-1-7-21-10-20-13-14(17)18-9-19-15(13)21/h3-6,9-10H,1-2,7-8H2. The van der Waals surface area contributed by atoms with Crippen molar-refractivity contribution in [1.82, 2.24) is 19.5 Å². The van der Waals surface area contributed by atoms with E-state index >= 15 is 0 Å². The zero-order valence-corrected chi connectivity index (χ0v) is 13.3. The number of aromatic nitrogens is 4. The summed E-state index contributed by atoms with van der Waals surface area (Å²) in [6, 6.07) is 7.37. The summed E-state index contributed by atoms with van der Waals surface area (Å²) in [5.41, 5.74) is 1.40. The number of imidazole rings is 1. The lowest BCUT2D eigenvalue weighted by Gasteiger charge is -2.07. The third-order valence-electron chi connectivity index (χ3n) is 3.23. The quantitative estimate of drug-likeness (QED) is 0.504. The second-order valence-corrected chi connectivity index (χ2v) is 5.58. The van der Waals surface area contributed by atoms with Gasteiger partial charge in [-0.05, 0) is 37.1 Å². The molecule has 0 saturated heterocycles. The van der Waals surface area contributed by atoms with Crippen molar-refractivity contribution in [3.63, 3.8) is 0 Å². The predicted octanol–water partition coefficient (Wildman–Crippen LogP) is 3.99. The van der Waals surface area contributed by atoms with E-state index in [-0.39, 0.29) is 0 Å². The van der Waals surface area contributed by atoms with Crippen LogP contribution in [0.3, 0.4) is 0 Å². The van der Waals surface area contributed by atoms with E-state index in [0.29, 0.717) is 22.3 Å². The van der Waals surface area contributed by atoms with Crippen LogP contribution in [0, 0.1) is 0 Å². The zero-order valence-electron chi connectivity index (χ0n) is 11.7. The van der Waals surface area contributed by atoms with Gasteiger partial charge in [-0.15, -0.1) is 0 Å². The molecule has 0 spiro atoms. The molecule has 1 aromatic carbocycles. The van der Waals surface area contributed by atoms with Crippen LogP contribution in [0.25, 0.3) is 11.2 Å². The third kappa shape index (κ3) is 3.48. The lowest BCUT2D eigenvalue weighted by Crippen LogP contribution is -2.02. The maximum Gasteiger partial charge on any atom is 0.164 e. The summed E-state index contributed by atoms with van der Waals surface area (Å²) >= 11 is 11.8. The van der Waals surface area contributed by atoms with E-state index in [4.69, 9.17) is 27.9 Å². The molecule has 2 aromatic heterocycles. The molecule has 22 heavy (non-hydrogen) atoms. The molecule has 3 aromatic rings. The molecule has 0 amide bonds. The van der Waals surface area contributed by atoms with Gasteiger partial charge in [-0.3, -0.25) is 0 Å². The van der Waals surface area contributed by atoms with E-state index in [2.05, 4.69) is 15.0 Å². The van der Waals surface area contributed by atoms with Gasteiger partial charge in [-0.1, -0.05) is 23.2 Å². The molecule has 0 aliphatic heterocycles. The van der Waals surface area contributed by atoms with Crippen molar-refractivity contribution in [3.8, 4) is 5.75 Å². The summed E-state index contributed by atoms with van der Waals surface area (Å²) in [5, 5.41) is 1.09. The Morgan fingerprint density at radius 1 is 1.00 bits per heavy atom. The Hall–Kier alpha value is -1.85. The molecule has 0 aliphatic carbocycles. The van der Waals surface area contributed by atoms with Crippen LogP contribution in [0.1, 0.15) is 12.8 Å². The van der Waals surface area contributed by atoms with Crippen molar-refractivity contribution in [2.75, 3.05) is 6.61 Å². The van der Waals surface area contributed by atoms with Gasteiger partial charge in [0.15, 0.2) is 10.8 Å². The molecule has 3 rings (SSSR count). The summed E-state index contributed by atoms with van der Waals surface area (Å²) in [4.78, 5) is 12.4. The van der Waals surface area contributed by atoms with E-state index in [0.717, 1.165) is 30.8 Å². The van der Waals surface area contributed by atoms with E-state index < -0.39 is 0 Å². The number of aryl methyl sites for hydroxylation is 1. The molecule has 0 bridgehead atoms. The second kappa shape index (κ2) is 6.94. The van der Waals surface area contributed by atoms with Crippen molar-refractivity contribution in [1.29, 1.82) is 0 Å². The first-order valence-electron chi connectivity index (χ1n) is 6.94. The van der Waals surface area contributed by atoms with Crippen molar-refractivity contribution in [3.05, 3.63) is 47.1 Å². The SMILES string of the molecule is Clc1ccc(OCCCCn2cnc3c(Cl)ncnc32)cc1. The topological polar surface area (TPSA) is 52.8 Å². The molecule has 5 nitrogen and oxygen atoms in total. The Morgan fingerprint density at radius 3 is 2.64 bits per heavy atom. The third-order valence-corrected chi connectivity index (χ3v) is 3.76. The average Bonchev–Trinajstić information content (AvgIpc) is 2.94. The Morgan fingerprint density at radius 2 is 1.82 bits per heavy atom. The fourth-order valence-electron chi connectivity index (χ4n) is 2.12. The van der Waals surface area contributed by atoms with E-state index in [9.17, 15) is 0 Å². The monoisotopic (exact) mass is 336 g/mol. The number of benzene rings is 1. The van der Waals surface area contributed by atoms with Gasteiger partial charge in [-0.2, -0.15) is 0 Å². The molecular formula is C15H14Cl2N4O. The highest BCUT2D eigenvalue weighted by Crippen LogP contribution is 2.18. The van der Waals surface area contributed by atoms with Crippen molar-refractivity contribution >= 4 is 34.4 Å². The minimum atomic E-state index is 0.384. The van der Waals surface area contributed by atoms with Crippen LogP contribution in [0.15, 0.2) is 36.9 Å². The number of unbranched alkanes of at least 4 members (excludes halogenated alkanes) is 1. The van der Waals surface area contributed by atoms with Gasteiger partial charge in [-0.25, -0.2) is 15.0 Å². The molecule has 114 valence electrons. The van der Waals surface area contributed by atoms with Gasteiger partial charge < -0.3 is 9.30 Å². The molecule has 0 saturated carbocycles. The molecule has 0 unspecified atom stereocenters. The smallest absolute Gasteiger partial charge is 0.164 e. The maximum absolute atomic E-state index is 5.98. The summed E-state index contributed by atoms with van der Waals surface area (Å²) in [6.07, 6.45) is 5.08. The van der Waals surface area contributed by atoms with Crippen molar-refractivity contribution in [2.24, 2.45) is 0 Å². The molecule has 2 heterocycles. The minimum Gasteiger partial charge on any atom is -0.494 e. The highest BCUT2D eigenvalue weighted by atomic mass is 35.5. The zero-order chi connectivity index (χ0) is 15.4. The highest BCUT2D eigenvalue weighted by Gasteiger charge is 2.07. The van der Waals surface area contributed by atoms with E-state index in [1.807, 2.05) is 28.8 Å². The molecule has 0 atom stereocenters. The number of rotatable bonds is 6. The summed E-state index contributed by atoms with van der Waals surface area (Å²) in [7, 11) is 0. The summed E-state index contributed by atoms with van der Waals surface area (Å²) < 4.78 is 7.63. The van der Waals surface area contributed by atoms with Gasteiger partial charge in [0.1, 0.15) is 17.6 Å². The Kier molecular flexibility index (Phi) is 4.75. The van der Waals surface area contributed by atoms with Gasteiger partial charge in [0.25, 0.3) is 0 Å². The lowest BCUT2D eigenvalue weighted by molar-refractivity contribution is 0.303. The second-order valence-electron chi connectivity index (χ2n) is 4.78. The molecule has 0 N–H and O–H groups in total. The Labute approximate surface area is 137 Å². The van der Waals surface area contributed by atoms with Crippen LogP contribution in [0.4, 0.5) is 0 Å². The number of fused-ring (bicyclic) bond motifs is 1. The number of hydrogen-bond donors (Lipinski definition) is 0. The summed E-state index contributed by atoms with van der Waals surface area (Å²) in [5.74, 6) is 0.831. The number of ether oxygens (including phenoxy) is 1. The highest BCUT2D eigenvalue weighted by molar-refractivity contribution is 6.33. The Balaban J connectivity index is 1.48. The van der Waals surface area contributed by atoms with Crippen LogP contribution in [0.2, 0.25) is 10.2 Å². The van der Waals surface area contributed by atoms with E-state index in [1.165, 1.54) is 6.33 Å². The van der Waals surface area contributed by atoms with Crippen LogP contribution in [-0.2, 0) is 6.54 Å². The fraction of sp³-hybridized carbons (Fsp3) is 0.267. The number of halogens is 2. The van der Waals surface area contributed by atoms with Gasteiger partial charge in [0.2, 0.25) is 0 Å². The lowest BCUT2D eigenvalue weighted by atomic mass is 10.3. The van der Waals surface area contributed by atoms with Gasteiger partial charge >= 0.3 is 0 Å². The van der Waals surface area contributed by atoms with Crippen molar-refractivity contribution in [2.45, 2.75) is 19.4 Å². The van der Waals surface area contributed by atoms with Crippen molar-refractivity contribution < 1.29 is 4.74 Å². The first-order valence-corrected chi connectivity index (χ1v) is 7.69. The van der Waals surface area contributed by atoms with Crippen LogP contribution < -0.4 is 4.74 Å². The largest absolute Gasteiger partial charge is 0.494 e. The first-order chi connectivity index (χ1) is 10.7. The van der Waals surface area contributed by atoms with Gasteiger partial charge in [0, 0.05) is 11.6 Å². The maximum atomic E-state index is 5.98. The molecular weight excluding hydrogens is 323 g/mol. The molecule has 0 radical (unpaired) electrons. The fourth-order valence-corrected chi connectivity index (χ4v) is 2.42. The Bertz CT molecular complexity index is 758. The minimum absolute atomic E-state index is 0.384. The molecule has 0 fully saturated rings. The predicted molar refractivity (Wildman–Crippen MR) is 86.5 cm³/mol. The van der Waals surface area contributed by atoms with Crippen LogP contribution in [0.5, 0.6) is 5.75 Å². The van der Waals surface area contributed by atoms with Crippen LogP contribution >= 0.6 is 23.2 Å². The summed E-state index contributed by atoms with van der Waals surface area (Å²) in [6.45, 7) is 1.47. The number of nitrogens with zero attached hydrogens (tertiary/aromatic N) is 4. The first kappa shape index (κ1) is 15.1. The average molecular weight is 337 g/mol. The van der Waals surface area contributed by atoms with Gasteiger partial charge in [0.05, 0.1) is 12.9 Å². The normalized spacial score (nSPS) is 11.0. The molecule has 0 aliphatic rings.